The van der Waals surface area contributed by atoms with Crippen LogP contribution in [0.1, 0.15) is 44.8 Å². The maximum absolute atomic E-state index is 13.0. The van der Waals surface area contributed by atoms with Gasteiger partial charge in [-0.25, -0.2) is 4.39 Å². The number of halogens is 1. The summed E-state index contributed by atoms with van der Waals surface area (Å²) in [5.74, 6) is 0.463. The molecular formula is C15H24FN3. The molecule has 0 aromatic carbocycles. The van der Waals surface area contributed by atoms with Crippen molar-refractivity contribution in [1.82, 2.24) is 9.88 Å². The lowest BCUT2D eigenvalue weighted by Gasteiger charge is -2.42. The fourth-order valence-electron chi connectivity index (χ4n) is 3.11. The molecule has 0 radical (unpaired) electrons. The zero-order chi connectivity index (χ0) is 13.8. The molecule has 0 spiro atoms. The molecule has 2 heterocycles. The van der Waals surface area contributed by atoms with Gasteiger partial charge in [0, 0.05) is 12.6 Å². The average Bonchev–Trinajstić information content (AvgIpc) is 2.43. The second kappa shape index (κ2) is 6.44. The van der Waals surface area contributed by atoms with E-state index in [9.17, 15) is 4.39 Å². The molecule has 1 aromatic rings. The van der Waals surface area contributed by atoms with Crippen LogP contribution in [0.2, 0.25) is 0 Å². The first-order valence-corrected chi connectivity index (χ1v) is 7.23. The lowest BCUT2D eigenvalue weighted by Crippen LogP contribution is -2.47. The molecule has 1 aromatic heterocycles. The van der Waals surface area contributed by atoms with Gasteiger partial charge in [-0.1, -0.05) is 13.8 Å². The number of aromatic nitrogens is 1. The van der Waals surface area contributed by atoms with Crippen LogP contribution in [0.15, 0.2) is 18.3 Å². The molecule has 106 valence electrons. The van der Waals surface area contributed by atoms with Gasteiger partial charge in [0.1, 0.15) is 5.82 Å². The van der Waals surface area contributed by atoms with Crippen LogP contribution in [-0.2, 0) is 0 Å². The normalized spacial score (nSPS) is 26.3. The zero-order valence-corrected chi connectivity index (χ0v) is 11.8. The molecule has 3 nitrogen and oxygen atoms in total. The van der Waals surface area contributed by atoms with Gasteiger partial charge in [0.2, 0.25) is 0 Å². The van der Waals surface area contributed by atoms with E-state index in [1.165, 1.54) is 18.7 Å². The summed E-state index contributed by atoms with van der Waals surface area (Å²) in [6.07, 6.45) is 4.63. The lowest BCUT2D eigenvalue weighted by atomic mass is 9.90. The predicted octanol–water partition coefficient (Wildman–Crippen LogP) is 2.73. The van der Waals surface area contributed by atoms with Gasteiger partial charge < -0.3 is 5.73 Å². The van der Waals surface area contributed by atoms with Crippen LogP contribution in [0.4, 0.5) is 4.39 Å². The highest BCUT2D eigenvalue weighted by Gasteiger charge is 2.31. The molecule has 4 heteroatoms. The average molecular weight is 265 g/mol. The largest absolute Gasteiger partial charge is 0.329 e. The second-order valence-electron chi connectivity index (χ2n) is 5.58. The maximum atomic E-state index is 13.0. The molecule has 1 saturated heterocycles. The van der Waals surface area contributed by atoms with E-state index in [0.717, 1.165) is 31.0 Å². The third-order valence-corrected chi connectivity index (χ3v) is 4.17. The van der Waals surface area contributed by atoms with Crippen molar-refractivity contribution in [2.24, 2.45) is 11.7 Å². The Bertz CT molecular complexity index is 393. The van der Waals surface area contributed by atoms with Crippen molar-refractivity contribution in [3.63, 3.8) is 0 Å². The first kappa shape index (κ1) is 14.4. The Balaban J connectivity index is 2.18. The summed E-state index contributed by atoms with van der Waals surface area (Å²) in [5, 5.41) is 0. The summed E-state index contributed by atoms with van der Waals surface area (Å²) in [7, 11) is 0. The van der Waals surface area contributed by atoms with Crippen molar-refractivity contribution in [3.8, 4) is 0 Å². The van der Waals surface area contributed by atoms with Crippen LogP contribution < -0.4 is 5.73 Å². The van der Waals surface area contributed by atoms with Crippen LogP contribution in [0.5, 0.6) is 0 Å². The maximum Gasteiger partial charge on any atom is 0.141 e. The first-order valence-electron chi connectivity index (χ1n) is 7.23. The molecule has 3 atom stereocenters. The Morgan fingerprint density at radius 2 is 2.32 bits per heavy atom. The Morgan fingerprint density at radius 3 is 2.89 bits per heavy atom. The summed E-state index contributed by atoms with van der Waals surface area (Å²) < 4.78 is 13.0. The van der Waals surface area contributed by atoms with E-state index in [-0.39, 0.29) is 11.9 Å². The predicted molar refractivity (Wildman–Crippen MR) is 75.2 cm³/mol. The van der Waals surface area contributed by atoms with E-state index in [1.807, 2.05) is 0 Å². The van der Waals surface area contributed by atoms with Crippen molar-refractivity contribution in [2.45, 2.75) is 45.2 Å². The van der Waals surface area contributed by atoms with E-state index in [4.69, 9.17) is 5.73 Å². The molecule has 3 unspecified atom stereocenters. The number of piperidine rings is 1. The number of likely N-dealkylation sites (tertiary alicyclic amines) is 1. The zero-order valence-electron chi connectivity index (χ0n) is 11.8. The van der Waals surface area contributed by atoms with E-state index in [0.29, 0.717) is 12.6 Å². The molecule has 0 aliphatic carbocycles. The fraction of sp³-hybridized carbons (Fsp3) is 0.667. The molecular weight excluding hydrogens is 241 g/mol. The van der Waals surface area contributed by atoms with Crippen molar-refractivity contribution >= 4 is 0 Å². The number of nitrogens with two attached hydrogens (primary N) is 1. The van der Waals surface area contributed by atoms with Crippen molar-refractivity contribution < 1.29 is 4.39 Å². The standard InChI is InChI=1S/C15H24FN3/c1-3-15(14-5-4-12(16)10-18-14)19-7-6-11(2)8-13(19)9-17/h4-5,10-11,13,15H,3,6-9,17H2,1-2H3. The summed E-state index contributed by atoms with van der Waals surface area (Å²) in [6.45, 7) is 6.18. The van der Waals surface area contributed by atoms with E-state index < -0.39 is 0 Å². The smallest absolute Gasteiger partial charge is 0.141 e. The molecule has 1 fully saturated rings. The minimum atomic E-state index is -0.277. The summed E-state index contributed by atoms with van der Waals surface area (Å²) in [4.78, 5) is 6.71. The number of nitrogens with zero attached hydrogens (tertiary/aromatic N) is 2. The third-order valence-electron chi connectivity index (χ3n) is 4.17. The van der Waals surface area contributed by atoms with Gasteiger partial charge in [-0.3, -0.25) is 9.88 Å². The summed E-state index contributed by atoms with van der Waals surface area (Å²) in [6, 6.07) is 3.96. The molecule has 19 heavy (non-hydrogen) atoms. The Morgan fingerprint density at radius 1 is 1.53 bits per heavy atom. The first-order chi connectivity index (χ1) is 9.15. The monoisotopic (exact) mass is 265 g/mol. The van der Waals surface area contributed by atoms with Gasteiger partial charge in [0.25, 0.3) is 0 Å². The topological polar surface area (TPSA) is 42.2 Å². The second-order valence-corrected chi connectivity index (χ2v) is 5.58. The fourth-order valence-corrected chi connectivity index (χ4v) is 3.11. The summed E-state index contributed by atoms with van der Waals surface area (Å²) >= 11 is 0. The lowest BCUT2D eigenvalue weighted by molar-refractivity contribution is 0.0714. The van der Waals surface area contributed by atoms with Crippen molar-refractivity contribution in [1.29, 1.82) is 0 Å². The molecule has 0 saturated carbocycles. The Hall–Kier alpha value is -1.00. The van der Waals surface area contributed by atoms with Crippen LogP contribution in [-0.4, -0.2) is 29.0 Å². The van der Waals surface area contributed by atoms with Crippen LogP contribution >= 0.6 is 0 Å². The molecule has 2 N–H and O–H groups in total. The highest BCUT2D eigenvalue weighted by Crippen LogP contribution is 2.31. The third kappa shape index (κ3) is 3.31. The van der Waals surface area contributed by atoms with Gasteiger partial charge in [-0.2, -0.15) is 0 Å². The highest BCUT2D eigenvalue weighted by atomic mass is 19.1. The van der Waals surface area contributed by atoms with Crippen LogP contribution in [0.3, 0.4) is 0 Å². The minimum absolute atomic E-state index is 0.252. The molecule has 1 aliphatic rings. The SMILES string of the molecule is CCC(c1ccc(F)cn1)N1CCC(C)CC1CN. The molecule has 0 bridgehead atoms. The highest BCUT2D eigenvalue weighted by molar-refractivity contribution is 5.11. The number of pyridine rings is 1. The molecule has 0 amide bonds. The van der Waals surface area contributed by atoms with Crippen LogP contribution in [0.25, 0.3) is 0 Å². The molecule has 2 rings (SSSR count). The summed E-state index contributed by atoms with van der Waals surface area (Å²) in [5.41, 5.74) is 6.88. The quantitative estimate of drug-likeness (QED) is 0.910. The Labute approximate surface area is 115 Å². The van der Waals surface area contributed by atoms with Crippen molar-refractivity contribution in [2.75, 3.05) is 13.1 Å². The van der Waals surface area contributed by atoms with Gasteiger partial charge >= 0.3 is 0 Å². The molecule has 1 aliphatic heterocycles. The minimum Gasteiger partial charge on any atom is -0.329 e. The van der Waals surface area contributed by atoms with Crippen molar-refractivity contribution in [3.05, 3.63) is 29.8 Å². The van der Waals surface area contributed by atoms with Gasteiger partial charge in [-0.15, -0.1) is 0 Å². The van der Waals surface area contributed by atoms with E-state index in [1.54, 1.807) is 6.07 Å². The van der Waals surface area contributed by atoms with Crippen LogP contribution in [0, 0.1) is 11.7 Å². The number of hydrogen-bond acceptors (Lipinski definition) is 3. The Kier molecular flexibility index (Phi) is 4.88. The van der Waals surface area contributed by atoms with Gasteiger partial charge in [0.15, 0.2) is 0 Å². The van der Waals surface area contributed by atoms with Gasteiger partial charge in [0.05, 0.1) is 17.9 Å². The number of rotatable bonds is 4. The van der Waals surface area contributed by atoms with E-state index in [2.05, 4.69) is 23.7 Å². The number of hydrogen-bond donors (Lipinski definition) is 1. The van der Waals surface area contributed by atoms with E-state index >= 15 is 0 Å². The van der Waals surface area contributed by atoms with Gasteiger partial charge in [-0.05, 0) is 43.9 Å².